The topological polar surface area (TPSA) is 78.8 Å². The zero-order valence-corrected chi connectivity index (χ0v) is 18.7. The van der Waals surface area contributed by atoms with Gasteiger partial charge in [0.1, 0.15) is 17.0 Å². The van der Waals surface area contributed by atoms with Gasteiger partial charge in [-0.15, -0.1) is 0 Å². The average molecular weight is 431 g/mol. The van der Waals surface area contributed by atoms with E-state index in [0.717, 1.165) is 60.4 Å². The highest BCUT2D eigenvalue weighted by Gasteiger charge is 2.27. The Hall–Kier alpha value is -3.19. The molecule has 166 valence electrons. The second kappa shape index (κ2) is 8.74. The van der Waals surface area contributed by atoms with Crippen LogP contribution in [-0.4, -0.2) is 49.5 Å². The fourth-order valence-corrected chi connectivity index (χ4v) is 4.85. The van der Waals surface area contributed by atoms with E-state index in [9.17, 15) is 4.79 Å². The molecule has 7 nitrogen and oxygen atoms in total. The summed E-state index contributed by atoms with van der Waals surface area (Å²) in [6.45, 7) is 7.00. The fraction of sp³-hybridized carbons (Fsp3) is 0.400. The molecule has 1 fully saturated rings. The van der Waals surface area contributed by atoms with Crippen molar-refractivity contribution in [1.82, 2.24) is 29.7 Å². The SMILES string of the molecule is CC(C)NC(=O)Cc1nc2cnc3[nH]ccc3c2n1C1CCN(Cc2ccccc2)CC1. The second-order valence-electron chi connectivity index (χ2n) is 9.02. The molecule has 0 unspecified atom stereocenters. The molecule has 4 heterocycles. The highest BCUT2D eigenvalue weighted by Crippen LogP contribution is 2.32. The molecule has 1 saturated heterocycles. The predicted molar refractivity (Wildman–Crippen MR) is 126 cm³/mol. The number of piperidine rings is 1. The molecule has 0 radical (unpaired) electrons. The smallest absolute Gasteiger partial charge is 0.227 e. The van der Waals surface area contributed by atoms with Crippen molar-refractivity contribution < 1.29 is 4.79 Å². The number of imidazole rings is 1. The Kier molecular flexibility index (Phi) is 5.66. The molecule has 1 aliphatic heterocycles. The van der Waals surface area contributed by atoms with Crippen LogP contribution in [0.25, 0.3) is 22.1 Å². The number of pyridine rings is 1. The van der Waals surface area contributed by atoms with Gasteiger partial charge in [0.25, 0.3) is 0 Å². The summed E-state index contributed by atoms with van der Waals surface area (Å²) in [6.07, 6.45) is 6.08. The summed E-state index contributed by atoms with van der Waals surface area (Å²) in [6, 6.07) is 13.1. The maximum Gasteiger partial charge on any atom is 0.227 e. The minimum absolute atomic E-state index is 0.0105. The Labute approximate surface area is 187 Å². The zero-order valence-electron chi connectivity index (χ0n) is 18.7. The molecule has 0 saturated carbocycles. The van der Waals surface area contributed by atoms with Crippen LogP contribution in [-0.2, 0) is 17.8 Å². The minimum atomic E-state index is 0.0105. The summed E-state index contributed by atoms with van der Waals surface area (Å²) in [5, 5.41) is 4.08. The second-order valence-corrected chi connectivity index (χ2v) is 9.02. The van der Waals surface area contributed by atoms with E-state index < -0.39 is 0 Å². The minimum Gasteiger partial charge on any atom is -0.354 e. The third-order valence-corrected chi connectivity index (χ3v) is 6.25. The number of amides is 1. The van der Waals surface area contributed by atoms with Crippen LogP contribution in [0.5, 0.6) is 0 Å². The van der Waals surface area contributed by atoms with E-state index in [0.29, 0.717) is 6.04 Å². The number of H-pyrrole nitrogens is 1. The van der Waals surface area contributed by atoms with Gasteiger partial charge < -0.3 is 14.9 Å². The van der Waals surface area contributed by atoms with Gasteiger partial charge >= 0.3 is 0 Å². The average Bonchev–Trinajstić information content (AvgIpc) is 3.38. The van der Waals surface area contributed by atoms with Crippen LogP contribution in [0.15, 0.2) is 48.8 Å². The molecular formula is C25H30N6O. The predicted octanol–water partition coefficient (Wildman–Crippen LogP) is 3.82. The molecule has 7 heteroatoms. The lowest BCUT2D eigenvalue weighted by molar-refractivity contribution is -0.121. The maximum atomic E-state index is 12.6. The Morgan fingerprint density at radius 2 is 1.97 bits per heavy atom. The third-order valence-electron chi connectivity index (χ3n) is 6.25. The van der Waals surface area contributed by atoms with Gasteiger partial charge in [0, 0.05) is 43.3 Å². The quantitative estimate of drug-likeness (QED) is 0.487. The normalized spacial score (nSPS) is 15.7. The van der Waals surface area contributed by atoms with Crippen LogP contribution < -0.4 is 5.32 Å². The van der Waals surface area contributed by atoms with Crippen molar-refractivity contribution >= 4 is 28.0 Å². The summed E-state index contributed by atoms with van der Waals surface area (Å²) in [5.74, 6) is 0.839. The molecule has 1 amide bonds. The van der Waals surface area contributed by atoms with E-state index in [1.807, 2.05) is 26.2 Å². The molecule has 0 atom stereocenters. The van der Waals surface area contributed by atoms with Crippen LogP contribution in [0.3, 0.4) is 0 Å². The molecule has 3 aromatic heterocycles. The van der Waals surface area contributed by atoms with Gasteiger partial charge in [-0.1, -0.05) is 30.3 Å². The van der Waals surface area contributed by atoms with Gasteiger partial charge in [-0.05, 0) is 38.3 Å². The molecule has 1 aromatic carbocycles. The number of hydrogen-bond donors (Lipinski definition) is 2. The van der Waals surface area contributed by atoms with E-state index >= 15 is 0 Å². The molecule has 2 N–H and O–H groups in total. The molecule has 32 heavy (non-hydrogen) atoms. The highest BCUT2D eigenvalue weighted by atomic mass is 16.1. The number of nitrogens with zero attached hydrogens (tertiary/aromatic N) is 4. The number of aromatic amines is 1. The van der Waals surface area contributed by atoms with Gasteiger partial charge in [-0.3, -0.25) is 9.69 Å². The maximum absolute atomic E-state index is 12.6. The summed E-state index contributed by atoms with van der Waals surface area (Å²) in [5.41, 5.74) is 4.16. The van der Waals surface area contributed by atoms with E-state index in [-0.39, 0.29) is 18.4 Å². The first-order chi connectivity index (χ1) is 15.6. The van der Waals surface area contributed by atoms with Crippen molar-refractivity contribution in [1.29, 1.82) is 0 Å². The van der Waals surface area contributed by atoms with Crippen LogP contribution in [0.2, 0.25) is 0 Å². The Morgan fingerprint density at radius 3 is 2.72 bits per heavy atom. The molecule has 1 aliphatic rings. The monoisotopic (exact) mass is 430 g/mol. The Bertz CT molecular complexity index is 1220. The number of aromatic nitrogens is 4. The van der Waals surface area contributed by atoms with E-state index in [4.69, 9.17) is 4.98 Å². The van der Waals surface area contributed by atoms with Gasteiger partial charge in [0.2, 0.25) is 5.91 Å². The lowest BCUT2D eigenvalue weighted by atomic mass is 10.0. The first kappa shape index (κ1) is 20.7. The number of hydrogen-bond acceptors (Lipinski definition) is 4. The number of carbonyl (C=O) groups is 1. The van der Waals surface area contributed by atoms with Crippen molar-refractivity contribution in [3.63, 3.8) is 0 Å². The Morgan fingerprint density at radius 1 is 1.19 bits per heavy atom. The molecular weight excluding hydrogens is 400 g/mol. The highest BCUT2D eigenvalue weighted by molar-refractivity contribution is 6.01. The van der Waals surface area contributed by atoms with E-state index in [2.05, 4.69) is 61.1 Å². The van der Waals surface area contributed by atoms with Crippen molar-refractivity contribution in [3.8, 4) is 0 Å². The van der Waals surface area contributed by atoms with Crippen molar-refractivity contribution in [2.45, 2.75) is 51.7 Å². The first-order valence-corrected chi connectivity index (χ1v) is 11.5. The van der Waals surface area contributed by atoms with Gasteiger partial charge in [-0.2, -0.15) is 0 Å². The lowest BCUT2D eigenvalue weighted by Gasteiger charge is -2.33. The fourth-order valence-electron chi connectivity index (χ4n) is 4.85. The number of fused-ring (bicyclic) bond motifs is 3. The number of carbonyl (C=O) groups excluding carboxylic acids is 1. The van der Waals surface area contributed by atoms with Gasteiger partial charge in [0.05, 0.1) is 18.1 Å². The zero-order chi connectivity index (χ0) is 22.1. The van der Waals surface area contributed by atoms with Crippen LogP contribution >= 0.6 is 0 Å². The largest absolute Gasteiger partial charge is 0.354 e. The summed E-state index contributed by atoms with van der Waals surface area (Å²) < 4.78 is 2.33. The number of likely N-dealkylation sites (tertiary alicyclic amines) is 1. The summed E-state index contributed by atoms with van der Waals surface area (Å²) >= 11 is 0. The van der Waals surface area contributed by atoms with E-state index in [1.54, 1.807) is 0 Å². The van der Waals surface area contributed by atoms with Crippen LogP contribution in [0.4, 0.5) is 0 Å². The Balaban J connectivity index is 1.44. The van der Waals surface area contributed by atoms with Crippen molar-refractivity contribution in [2.24, 2.45) is 0 Å². The standard InChI is InChI=1S/C25H30N6O/c1-17(2)28-23(32)14-22-29-21-15-27-25-20(8-11-26-25)24(21)31(22)19-9-12-30(13-10-19)16-18-6-4-3-5-7-18/h3-8,11,15,17,19H,9-10,12-14,16H2,1-2H3,(H,26,27)(H,28,32). The third kappa shape index (κ3) is 4.12. The van der Waals surface area contributed by atoms with Crippen molar-refractivity contribution in [3.05, 3.63) is 60.2 Å². The van der Waals surface area contributed by atoms with E-state index in [1.165, 1.54) is 5.56 Å². The van der Waals surface area contributed by atoms with Crippen LogP contribution in [0, 0.1) is 0 Å². The number of rotatable bonds is 6. The number of nitrogens with one attached hydrogen (secondary N) is 2. The van der Waals surface area contributed by atoms with Crippen molar-refractivity contribution in [2.75, 3.05) is 13.1 Å². The molecule has 0 aliphatic carbocycles. The van der Waals surface area contributed by atoms with Crippen LogP contribution in [0.1, 0.15) is 44.1 Å². The van der Waals surface area contributed by atoms with Gasteiger partial charge in [-0.25, -0.2) is 9.97 Å². The number of benzene rings is 1. The molecule has 5 rings (SSSR count). The lowest BCUT2D eigenvalue weighted by Crippen LogP contribution is -2.35. The molecule has 4 aromatic rings. The first-order valence-electron chi connectivity index (χ1n) is 11.5. The van der Waals surface area contributed by atoms with Gasteiger partial charge in [0.15, 0.2) is 0 Å². The molecule has 0 bridgehead atoms. The summed E-state index contributed by atoms with van der Waals surface area (Å²) in [4.78, 5) is 27.7. The summed E-state index contributed by atoms with van der Waals surface area (Å²) in [7, 11) is 0. The molecule has 0 spiro atoms.